The first kappa shape index (κ1) is 48.4. The Kier molecular flexibility index (Phi) is 15.2. The molecular weight excluding hydrogens is 873 g/mol. The Morgan fingerprint density at radius 3 is 0.754 bits per heavy atom. The SMILES string of the molecule is CCCC[NH+](CCCC)Cc1ccccc1.Fc1c(F)c(F)c([B-](c2c(F)c(F)c(F)c(F)c2F)(c2c(F)c(F)c(F)c(F)c2F)c2c(F)c(F)c(F)c(F)c2F)c(F)c1F. The van der Waals surface area contributed by atoms with E-state index in [-0.39, 0.29) is 0 Å². The van der Waals surface area contributed by atoms with Crippen molar-refractivity contribution >= 4 is 28.0 Å². The van der Waals surface area contributed by atoms with E-state index in [4.69, 9.17) is 0 Å². The van der Waals surface area contributed by atoms with Crippen LogP contribution in [-0.4, -0.2) is 19.2 Å². The Balaban J connectivity index is 0.000000430. The van der Waals surface area contributed by atoms with Crippen molar-refractivity contribution in [3.05, 3.63) is 152 Å². The predicted octanol–water partition coefficient (Wildman–Crippen LogP) is 8.52. The van der Waals surface area contributed by atoms with Crippen LogP contribution in [0, 0.1) is 116 Å². The number of benzene rings is 5. The zero-order chi connectivity index (χ0) is 46.0. The minimum absolute atomic E-state index is 1.20. The van der Waals surface area contributed by atoms with Gasteiger partial charge in [-0.15, -0.1) is 21.9 Å². The molecule has 0 radical (unpaired) electrons. The Labute approximate surface area is 332 Å². The van der Waals surface area contributed by atoms with Crippen molar-refractivity contribution < 1.29 is 92.7 Å². The molecule has 22 heteroatoms. The summed E-state index contributed by atoms with van der Waals surface area (Å²) in [6.45, 7) is 8.40. The lowest BCUT2D eigenvalue weighted by atomic mass is 9.12. The van der Waals surface area contributed by atoms with E-state index < -0.39 is 144 Å². The van der Waals surface area contributed by atoms with E-state index in [1.807, 2.05) is 0 Å². The van der Waals surface area contributed by atoms with E-state index in [0.29, 0.717) is 0 Å². The molecule has 0 aromatic heterocycles. The fourth-order valence-corrected chi connectivity index (χ4v) is 6.91. The smallest absolute Gasteiger partial charge is 0.200 e. The molecule has 0 aliphatic rings. The van der Waals surface area contributed by atoms with Gasteiger partial charge in [-0.1, -0.05) is 57.0 Å². The molecule has 0 saturated heterocycles. The fraction of sp³-hybridized carbons (Fsp3) is 0.231. The Bertz CT molecular complexity index is 2050. The molecule has 0 aliphatic heterocycles. The number of hydrogen-bond acceptors (Lipinski definition) is 0. The Hall–Kier alpha value is -5.28. The highest BCUT2D eigenvalue weighted by molar-refractivity contribution is 7.20. The van der Waals surface area contributed by atoms with Gasteiger partial charge in [0.05, 0.1) is 13.1 Å². The number of unbranched alkanes of at least 4 members (excludes halogenated alkanes) is 2. The average Bonchev–Trinajstić information content (AvgIpc) is 3.25. The molecule has 61 heavy (non-hydrogen) atoms. The van der Waals surface area contributed by atoms with Gasteiger partial charge >= 0.3 is 0 Å². The molecule has 0 heterocycles. The maximum atomic E-state index is 15.4. The molecule has 5 aromatic rings. The van der Waals surface area contributed by atoms with E-state index >= 15 is 35.1 Å². The van der Waals surface area contributed by atoms with Crippen molar-refractivity contribution in [1.29, 1.82) is 0 Å². The largest absolute Gasteiger partial charge is 0.331 e. The van der Waals surface area contributed by atoms with Gasteiger partial charge in [-0.2, -0.15) is 0 Å². The summed E-state index contributed by atoms with van der Waals surface area (Å²) in [5.41, 5.74) is -12.9. The molecule has 0 bridgehead atoms. The van der Waals surface area contributed by atoms with Crippen molar-refractivity contribution in [2.45, 2.75) is 46.1 Å². The minimum atomic E-state index is -7.22. The van der Waals surface area contributed by atoms with Crippen LogP contribution in [0.15, 0.2) is 30.3 Å². The number of quaternary nitrogens is 1. The molecule has 0 amide bonds. The molecule has 0 saturated carbocycles. The molecule has 0 unspecified atom stereocenters. The van der Waals surface area contributed by atoms with Crippen LogP contribution in [0.4, 0.5) is 87.8 Å². The van der Waals surface area contributed by atoms with Gasteiger partial charge in [-0.3, -0.25) is 0 Å². The second-order valence-corrected chi connectivity index (χ2v) is 13.4. The molecule has 0 fully saturated rings. The summed E-state index contributed by atoms with van der Waals surface area (Å²) < 4.78 is 294. The van der Waals surface area contributed by atoms with Crippen molar-refractivity contribution in [1.82, 2.24) is 0 Å². The summed E-state index contributed by atoms with van der Waals surface area (Å²) in [5, 5.41) is 0. The quantitative estimate of drug-likeness (QED) is 0.0555. The van der Waals surface area contributed by atoms with Crippen LogP contribution in [0.1, 0.15) is 45.1 Å². The maximum absolute atomic E-state index is 15.4. The molecule has 1 N–H and O–H groups in total. The average molecular weight is 899 g/mol. The summed E-state index contributed by atoms with van der Waals surface area (Å²) in [5.74, 6) is -71.4. The molecule has 1 nitrogen and oxygen atoms in total. The topological polar surface area (TPSA) is 4.44 Å². The van der Waals surface area contributed by atoms with E-state index in [1.54, 1.807) is 4.90 Å². The molecular formula is C39H26BF20N. The van der Waals surface area contributed by atoms with Crippen LogP contribution in [0.25, 0.3) is 0 Å². The third kappa shape index (κ3) is 8.38. The van der Waals surface area contributed by atoms with Crippen molar-refractivity contribution in [2.75, 3.05) is 13.1 Å². The number of nitrogens with one attached hydrogen (secondary N) is 1. The molecule has 330 valence electrons. The van der Waals surface area contributed by atoms with Crippen molar-refractivity contribution in [2.24, 2.45) is 0 Å². The summed E-state index contributed by atoms with van der Waals surface area (Å²) in [4.78, 5) is 1.75. The third-order valence-corrected chi connectivity index (χ3v) is 9.77. The van der Waals surface area contributed by atoms with Gasteiger partial charge in [-0.25, -0.2) is 87.8 Å². The van der Waals surface area contributed by atoms with Gasteiger partial charge in [0.25, 0.3) is 0 Å². The van der Waals surface area contributed by atoms with Crippen LogP contribution < -0.4 is 26.8 Å². The zero-order valence-corrected chi connectivity index (χ0v) is 31.0. The normalized spacial score (nSPS) is 11.7. The summed E-state index contributed by atoms with van der Waals surface area (Å²) in [6, 6.07) is 10.9. The van der Waals surface area contributed by atoms with Crippen LogP contribution in [-0.2, 0) is 6.54 Å². The first-order valence-corrected chi connectivity index (χ1v) is 17.7. The number of rotatable bonds is 12. The molecule has 5 aromatic carbocycles. The van der Waals surface area contributed by atoms with Crippen molar-refractivity contribution in [3.8, 4) is 0 Å². The first-order valence-electron chi connectivity index (χ1n) is 17.7. The van der Waals surface area contributed by atoms with E-state index in [9.17, 15) is 52.7 Å². The maximum Gasteiger partial charge on any atom is 0.200 e. The molecule has 0 atom stereocenters. The zero-order valence-electron chi connectivity index (χ0n) is 31.0. The van der Waals surface area contributed by atoms with E-state index in [0.717, 1.165) is 0 Å². The highest BCUT2D eigenvalue weighted by atomic mass is 19.2. The highest BCUT2D eigenvalue weighted by Crippen LogP contribution is 2.30. The van der Waals surface area contributed by atoms with E-state index in [2.05, 4.69) is 44.2 Å². The molecule has 0 aliphatic carbocycles. The van der Waals surface area contributed by atoms with Gasteiger partial charge in [0, 0.05) is 5.56 Å². The Morgan fingerprint density at radius 1 is 0.328 bits per heavy atom. The highest BCUT2D eigenvalue weighted by Gasteiger charge is 2.52. The lowest BCUT2D eigenvalue weighted by Crippen LogP contribution is -3.10. The first-order chi connectivity index (χ1) is 28.6. The third-order valence-electron chi connectivity index (χ3n) is 9.77. The van der Waals surface area contributed by atoms with Gasteiger partial charge < -0.3 is 4.90 Å². The predicted molar refractivity (Wildman–Crippen MR) is 180 cm³/mol. The van der Waals surface area contributed by atoms with E-state index in [1.165, 1.54) is 50.9 Å². The lowest BCUT2D eigenvalue weighted by molar-refractivity contribution is -0.914. The summed E-state index contributed by atoms with van der Waals surface area (Å²) in [6.07, 6.45) is -1.89. The van der Waals surface area contributed by atoms with Gasteiger partial charge in [0.1, 0.15) is 59.2 Å². The standard InChI is InChI=1S/C24BF20.C15H25N/c26-5-1(6(27)14(35)21(42)13(5)34)25(2-7(28)15(36)22(43)16(37)8(2)29,3-9(30)17(38)23(44)18(39)10(3)31)4-11(32)19(40)24(45)20(41)12(4)33;1-3-5-12-16(13-6-4-2)14-15-10-8-7-9-11-15/h;7-11H,3-6,12-14H2,1-2H3/q-1;/p+1. The summed E-state index contributed by atoms with van der Waals surface area (Å²) in [7, 11) is 0. The minimum Gasteiger partial charge on any atom is -0.331 e. The number of hydrogen-bond donors (Lipinski definition) is 1. The van der Waals surface area contributed by atoms with Crippen LogP contribution >= 0.6 is 0 Å². The number of halogens is 20. The van der Waals surface area contributed by atoms with Gasteiger partial charge in [0.2, 0.25) is 0 Å². The van der Waals surface area contributed by atoms with Crippen molar-refractivity contribution in [3.63, 3.8) is 0 Å². The summed E-state index contributed by atoms with van der Waals surface area (Å²) >= 11 is 0. The van der Waals surface area contributed by atoms with Gasteiger partial charge in [-0.05, 0) is 12.8 Å². The van der Waals surface area contributed by atoms with Crippen LogP contribution in [0.5, 0.6) is 0 Å². The Morgan fingerprint density at radius 2 is 0.541 bits per heavy atom. The fourth-order valence-electron chi connectivity index (χ4n) is 6.91. The monoisotopic (exact) mass is 899 g/mol. The van der Waals surface area contributed by atoms with Crippen LogP contribution in [0.3, 0.4) is 0 Å². The molecule has 5 rings (SSSR count). The second kappa shape index (κ2) is 19.2. The molecule has 0 spiro atoms. The lowest BCUT2D eigenvalue weighted by Gasteiger charge is -2.44. The van der Waals surface area contributed by atoms with Crippen LogP contribution in [0.2, 0.25) is 0 Å². The van der Waals surface area contributed by atoms with Gasteiger partial charge in [0.15, 0.2) is 69.8 Å². The second-order valence-electron chi connectivity index (χ2n) is 13.4.